The van der Waals surface area contributed by atoms with E-state index in [1.54, 1.807) is 6.92 Å². The largest absolute Gasteiger partial charge is 0.477 e. The Balaban J connectivity index is 3.82. The number of aliphatic carboxylic acids is 1. The number of hydrogen-bond donors (Lipinski definition) is 2. The number of carboxylic acids is 1. The number of rotatable bonds is 1. The quantitative estimate of drug-likeness (QED) is 0.454. The van der Waals surface area contributed by atoms with Gasteiger partial charge in [-0.25, -0.2) is 4.79 Å². The Kier molecular flexibility index (Phi) is 1.91. The van der Waals surface area contributed by atoms with Crippen LogP contribution in [0.1, 0.15) is 6.92 Å². The molecule has 0 rings (SSSR count). The average molecular weight is 101 g/mol. The molecule has 0 aromatic rings. The van der Waals surface area contributed by atoms with Crippen LogP contribution in [0.5, 0.6) is 0 Å². The second kappa shape index (κ2) is 2.23. The molecule has 0 aromatic heterocycles. The van der Waals surface area contributed by atoms with Crippen molar-refractivity contribution in [2.45, 2.75) is 6.92 Å². The van der Waals surface area contributed by atoms with Crippen molar-refractivity contribution in [3.63, 3.8) is 0 Å². The lowest BCUT2D eigenvalue weighted by atomic mass is 10.4. The fraction of sp³-hybridized carbons (Fsp3) is 0.250. The highest BCUT2D eigenvalue weighted by molar-refractivity contribution is 5.85. The zero-order valence-corrected chi connectivity index (χ0v) is 4.01. The smallest absolute Gasteiger partial charge is 0.351 e. The van der Waals surface area contributed by atoms with Crippen molar-refractivity contribution in [3.8, 4) is 0 Å². The summed E-state index contributed by atoms with van der Waals surface area (Å²) in [5.74, 6) is -1.07. The van der Waals surface area contributed by atoms with Gasteiger partial charge in [0.15, 0.2) is 0 Å². The highest BCUT2D eigenvalue weighted by atomic mass is 16.4. The van der Waals surface area contributed by atoms with E-state index in [4.69, 9.17) is 10.8 Å². The van der Waals surface area contributed by atoms with Gasteiger partial charge in [-0.1, -0.05) is 6.08 Å². The maximum absolute atomic E-state index is 9.74. The van der Waals surface area contributed by atoms with E-state index in [1.165, 1.54) is 6.08 Å². The van der Waals surface area contributed by atoms with Crippen LogP contribution < -0.4 is 5.73 Å². The maximum Gasteiger partial charge on any atom is 0.351 e. The number of carbonyl (C=O) groups is 1. The van der Waals surface area contributed by atoms with Gasteiger partial charge in [0.1, 0.15) is 5.70 Å². The first-order chi connectivity index (χ1) is 3.18. The minimum Gasteiger partial charge on any atom is -0.477 e. The molecule has 0 fully saturated rings. The molecule has 0 spiro atoms. The highest BCUT2D eigenvalue weighted by Crippen LogP contribution is 1.78. The molecule has 40 valence electrons. The van der Waals surface area contributed by atoms with Crippen LogP contribution >= 0.6 is 0 Å². The molecule has 0 saturated carbocycles. The maximum atomic E-state index is 9.74. The highest BCUT2D eigenvalue weighted by Gasteiger charge is 1.94. The molecule has 3 heteroatoms. The van der Waals surface area contributed by atoms with E-state index >= 15 is 0 Å². The van der Waals surface area contributed by atoms with Gasteiger partial charge in [-0.3, -0.25) is 0 Å². The molecular formula is C4H7NO2. The van der Waals surface area contributed by atoms with Gasteiger partial charge in [0.2, 0.25) is 0 Å². The average Bonchev–Trinajstić information content (AvgIpc) is 1.65. The topological polar surface area (TPSA) is 63.3 Å². The Morgan fingerprint density at radius 2 is 2.29 bits per heavy atom. The van der Waals surface area contributed by atoms with Gasteiger partial charge < -0.3 is 10.8 Å². The van der Waals surface area contributed by atoms with E-state index in [1.807, 2.05) is 0 Å². The third-order valence-electron chi connectivity index (χ3n) is 0.558. The summed E-state index contributed by atoms with van der Waals surface area (Å²) in [7, 11) is 0. The standard InChI is InChI=1S/C4H7NO2/c1-2-3(5)4(6)7/h2H,5H2,1H3,(H,6,7). The Bertz CT molecular complexity index is 106. The first-order valence-electron chi connectivity index (χ1n) is 1.83. The van der Waals surface area contributed by atoms with Crippen LogP contribution in [0.25, 0.3) is 0 Å². The van der Waals surface area contributed by atoms with Gasteiger partial charge in [-0.2, -0.15) is 0 Å². The van der Waals surface area contributed by atoms with Crippen molar-refractivity contribution in [1.82, 2.24) is 0 Å². The molecule has 0 aliphatic heterocycles. The monoisotopic (exact) mass is 101 g/mol. The summed E-state index contributed by atoms with van der Waals surface area (Å²) in [5, 5.41) is 7.99. The molecule has 0 unspecified atom stereocenters. The van der Waals surface area contributed by atoms with Crippen LogP contribution in [0.15, 0.2) is 11.8 Å². The van der Waals surface area contributed by atoms with E-state index in [9.17, 15) is 4.79 Å². The molecule has 0 bridgehead atoms. The molecule has 0 aromatic carbocycles. The van der Waals surface area contributed by atoms with Crippen molar-refractivity contribution in [2.75, 3.05) is 0 Å². The summed E-state index contributed by atoms with van der Waals surface area (Å²) >= 11 is 0. The van der Waals surface area contributed by atoms with Crippen LogP contribution in [0.2, 0.25) is 0 Å². The van der Waals surface area contributed by atoms with E-state index < -0.39 is 5.97 Å². The number of hydrogen-bond acceptors (Lipinski definition) is 2. The Morgan fingerprint density at radius 3 is 2.29 bits per heavy atom. The fourth-order valence-electron chi connectivity index (χ4n) is 0.123. The third kappa shape index (κ3) is 1.81. The van der Waals surface area contributed by atoms with Gasteiger partial charge in [0, 0.05) is 0 Å². The Hall–Kier alpha value is -0.990. The number of allylic oxidation sites excluding steroid dienone is 1. The van der Waals surface area contributed by atoms with Gasteiger partial charge in [-0.15, -0.1) is 0 Å². The minimum atomic E-state index is -1.07. The van der Waals surface area contributed by atoms with Gasteiger partial charge in [0.05, 0.1) is 0 Å². The van der Waals surface area contributed by atoms with E-state index in [-0.39, 0.29) is 5.70 Å². The van der Waals surface area contributed by atoms with Gasteiger partial charge in [0.25, 0.3) is 0 Å². The first-order valence-corrected chi connectivity index (χ1v) is 1.83. The van der Waals surface area contributed by atoms with Crippen molar-refractivity contribution >= 4 is 5.97 Å². The van der Waals surface area contributed by atoms with Crippen LogP contribution in [0, 0.1) is 0 Å². The molecule has 0 saturated heterocycles. The molecule has 0 atom stereocenters. The molecular weight excluding hydrogens is 94.0 g/mol. The second-order valence-electron chi connectivity index (χ2n) is 1.05. The SMILES string of the molecule is CC=C(N)C(=O)O. The molecule has 7 heavy (non-hydrogen) atoms. The molecule has 0 heterocycles. The summed E-state index contributed by atoms with van der Waals surface area (Å²) < 4.78 is 0. The van der Waals surface area contributed by atoms with Crippen molar-refractivity contribution in [2.24, 2.45) is 5.73 Å². The molecule has 0 amide bonds. The van der Waals surface area contributed by atoms with Crippen LogP contribution in [-0.2, 0) is 4.79 Å². The first kappa shape index (κ1) is 6.01. The predicted octanol–water partition coefficient (Wildman–Crippen LogP) is -0.0665. The number of nitrogens with two attached hydrogens (primary N) is 1. The Morgan fingerprint density at radius 1 is 1.86 bits per heavy atom. The van der Waals surface area contributed by atoms with Crippen LogP contribution in [0.3, 0.4) is 0 Å². The summed E-state index contributed by atoms with van der Waals surface area (Å²) in [5.41, 5.74) is 4.77. The Labute approximate surface area is 41.4 Å². The van der Waals surface area contributed by atoms with Crippen molar-refractivity contribution < 1.29 is 9.90 Å². The van der Waals surface area contributed by atoms with Crippen molar-refractivity contribution in [3.05, 3.63) is 11.8 Å². The summed E-state index contributed by atoms with van der Waals surface area (Å²) in [6, 6.07) is 0. The zero-order valence-electron chi connectivity index (χ0n) is 4.01. The van der Waals surface area contributed by atoms with Crippen LogP contribution in [0.4, 0.5) is 0 Å². The van der Waals surface area contributed by atoms with E-state index in [0.29, 0.717) is 0 Å². The predicted molar refractivity (Wildman–Crippen MR) is 25.6 cm³/mol. The summed E-state index contributed by atoms with van der Waals surface area (Å²) in [6.45, 7) is 1.57. The zero-order chi connectivity index (χ0) is 5.86. The molecule has 3 N–H and O–H groups in total. The van der Waals surface area contributed by atoms with Crippen molar-refractivity contribution in [1.29, 1.82) is 0 Å². The van der Waals surface area contributed by atoms with Gasteiger partial charge in [-0.05, 0) is 6.92 Å². The lowest BCUT2D eigenvalue weighted by Crippen LogP contribution is -2.08. The van der Waals surface area contributed by atoms with Gasteiger partial charge >= 0.3 is 5.97 Å². The fourth-order valence-corrected chi connectivity index (χ4v) is 0.123. The minimum absolute atomic E-state index is 0.111. The lowest BCUT2D eigenvalue weighted by Gasteiger charge is -1.85. The molecule has 0 radical (unpaired) electrons. The molecule has 3 nitrogen and oxygen atoms in total. The summed E-state index contributed by atoms with van der Waals surface area (Å²) in [6.07, 6.45) is 1.34. The lowest BCUT2D eigenvalue weighted by molar-refractivity contribution is -0.132. The molecule has 0 aliphatic rings. The van der Waals surface area contributed by atoms with E-state index in [2.05, 4.69) is 0 Å². The van der Waals surface area contributed by atoms with Crippen LogP contribution in [-0.4, -0.2) is 11.1 Å². The summed E-state index contributed by atoms with van der Waals surface area (Å²) in [4.78, 5) is 9.74. The second-order valence-corrected chi connectivity index (χ2v) is 1.05. The third-order valence-corrected chi connectivity index (χ3v) is 0.558. The molecule has 0 aliphatic carbocycles. The van der Waals surface area contributed by atoms with E-state index in [0.717, 1.165) is 0 Å². The normalized spacial score (nSPS) is 11.3. The number of carboxylic acid groups (broad SMARTS) is 1.